The van der Waals surface area contributed by atoms with Crippen molar-refractivity contribution in [3.63, 3.8) is 0 Å². The van der Waals surface area contributed by atoms with E-state index in [1.54, 1.807) is 20.7 Å². The molecule has 2 atom stereocenters. The van der Waals surface area contributed by atoms with Crippen LogP contribution in [0, 0.1) is 0 Å². The largest absolute Gasteiger partial charge is 0.464 e. The molecule has 0 aromatic heterocycles. The number of rotatable bonds is 14. The van der Waals surface area contributed by atoms with E-state index in [0.29, 0.717) is 19.5 Å². The summed E-state index contributed by atoms with van der Waals surface area (Å²) in [5, 5.41) is 30.3. The number of ether oxygens (including phenoxy) is 2. The zero-order chi connectivity index (χ0) is 29.4. The van der Waals surface area contributed by atoms with Gasteiger partial charge in [-0.05, 0) is 49.2 Å². The van der Waals surface area contributed by atoms with Crippen LogP contribution in [-0.2, 0) is 32.2 Å². The molecule has 0 spiro atoms. The number of hydrogen-bond donors (Lipinski definition) is 4. The monoisotopic (exact) mass is 673 g/mol. The Balaban J connectivity index is 0.000000395. The first kappa shape index (κ1) is 35.2. The van der Waals surface area contributed by atoms with Crippen molar-refractivity contribution in [1.29, 1.82) is 0 Å². The van der Waals surface area contributed by atoms with Gasteiger partial charge in [0.05, 0.1) is 19.8 Å². The number of esters is 2. The first-order chi connectivity index (χ1) is 18.4. The first-order valence-electron chi connectivity index (χ1n) is 12.5. The Bertz CT molecular complexity index is 985. The van der Waals surface area contributed by atoms with Crippen molar-refractivity contribution < 1.29 is 34.3 Å². The molecular weight excluding hydrogens is 637 g/mol. The van der Waals surface area contributed by atoms with Crippen molar-refractivity contribution in [3.8, 4) is 0 Å². The molecule has 0 aliphatic rings. The van der Waals surface area contributed by atoms with E-state index in [1.165, 1.54) is 5.01 Å². The van der Waals surface area contributed by atoms with Crippen LogP contribution in [0.1, 0.15) is 25.0 Å². The summed E-state index contributed by atoms with van der Waals surface area (Å²) in [4.78, 5) is 24.5. The maximum atomic E-state index is 11.5. The van der Waals surface area contributed by atoms with Crippen LogP contribution in [0.4, 0.5) is 0 Å². The zero-order valence-electron chi connectivity index (χ0n) is 22.5. The normalized spacial score (nSPS) is 12.4. The summed E-state index contributed by atoms with van der Waals surface area (Å²) in [6.45, 7) is 6.13. The van der Waals surface area contributed by atoms with Crippen molar-refractivity contribution in [2.75, 3.05) is 32.7 Å². The molecule has 0 aliphatic carbocycles. The third-order valence-electron chi connectivity index (χ3n) is 5.10. The van der Waals surface area contributed by atoms with Crippen molar-refractivity contribution in [2.45, 2.75) is 46.0 Å². The number of carbonyl (C=O) groups is 2. The lowest BCUT2D eigenvalue weighted by atomic mass is 9.71. The van der Waals surface area contributed by atoms with Crippen LogP contribution < -0.4 is 5.84 Å². The molecule has 0 fully saturated rings. The van der Waals surface area contributed by atoms with Gasteiger partial charge in [0, 0.05) is 35.0 Å². The summed E-state index contributed by atoms with van der Waals surface area (Å²) in [5.41, 5.74) is 2.03. The Labute approximate surface area is 247 Å². The molecular formula is C26H38BBr2N3O7. The number of hydrazine groups is 1. The van der Waals surface area contributed by atoms with Crippen LogP contribution in [0.2, 0.25) is 6.82 Å². The molecule has 5 N–H and O–H groups in total. The minimum Gasteiger partial charge on any atom is -0.464 e. The smallest absolute Gasteiger partial charge is 0.336 e. The third-order valence-corrected chi connectivity index (χ3v) is 6.15. The van der Waals surface area contributed by atoms with Gasteiger partial charge in [-0.15, -0.1) is 0 Å². The highest BCUT2D eigenvalue weighted by Gasteiger charge is 2.22. The quantitative estimate of drug-likeness (QED) is 0.102. The summed E-state index contributed by atoms with van der Waals surface area (Å²) in [5.74, 6) is 4.45. The third kappa shape index (κ3) is 15.5. The van der Waals surface area contributed by atoms with E-state index in [1.807, 2.05) is 53.4 Å². The number of carbonyl (C=O) groups excluding carboxylic acids is 2. The number of nitrogens with two attached hydrogens (primary N) is 1. The number of aliphatic hydroxyl groups is 2. The van der Waals surface area contributed by atoms with Gasteiger partial charge >= 0.3 is 11.9 Å². The molecule has 0 bridgehead atoms. The topological polar surface area (TPSA) is 146 Å². The van der Waals surface area contributed by atoms with Gasteiger partial charge in [-0.2, -0.15) is 0 Å². The highest BCUT2D eigenvalue weighted by Crippen LogP contribution is 2.13. The fourth-order valence-corrected chi connectivity index (χ4v) is 3.94. The fraction of sp³-hybridized carbons (Fsp3) is 0.462. The standard InChI is InChI=1S/C14H21BBrNO4.C12H17BrN2O3/c1-3-21-14(19)13(18)9-17(10-15(2)20)8-11-4-6-12(16)7-5-11;1-2-18-12(17)11(16)8-15(14)7-9-3-5-10(13)6-4-9/h4-7,13,18,20H,3,8-10H2,1-2H3;3-6,11,16H,2,7-8,14H2,1H3. The Morgan fingerprint density at radius 3 is 1.67 bits per heavy atom. The maximum Gasteiger partial charge on any atom is 0.336 e. The molecule has 2 unspecified atom stereocenters. The number of benzene rings is 2. The van der Waals surface area contributed by atoms with Gasteiger partial charge < -0.3 is 29.6 Å². The van der Waals surface area contributed by atoms with Crippen LogP contribution in [0.25, 0.3) is 0 Å². The summed E-state index contributed by atoms with van der Waals surface area (Å²) in [6.07, 6.45) is -2.06. The van der Waals surface area contributed by atoms with E-state index < -0.39 is 31.1 Å². The molecule has 10 nitrogen and oxygen atoms in total. The molecule has 0 aliphatic heterocycles. The lowest BCUT2D eigenvalue weighted by Gasteiger charge is -2.24. The van der Waals surface area contributed by atoms with E-state index in [9.17, 15) is 24.8 Å². The fourth-order valence-electron chi connectivity index (χ4n) is 3.41. The van der Waals surface area contributed by atoms with E-state index >= 15 is 0 Å². The molecule has 216 valence electrons. The predicted octanol–water partition coefficient (Wildman–Crippen LogP) is 2.38. The molecule has 0 heterocycles. The summed E-state index contributed by atoms with van der Waals surface area (Å²) < 4.78 is 11.5. The minimum atomic E-state index is -1.22. The van der Waals surface area contributed by atoms with Crippen LogP contribution in [0.5, 0.6) is 0 Å². The van der Waals surface area contributed by atoms with E-state index in [2.05, 4.69) is 31.9 Å². The van der Waals surface area contributed by atoms with E-state index in [-0.39, 0.29) is 26.3 Å². The van der Waals surface area contributed by atoms with E-state index in [0.717, 1.165) is 20.1 Å². The minimum absolute atomic E-state index is 0.0366. The number of nitrogens with zero attached hydrogens (tertiary/aromatic N) is 2. The number of aliphatic hydroxyl groups excluding tert-OH is 2. The number of hydrogen-bond acceptors (Lipinski definition) is 10. The van der Waals surface area contributed by atoms with Crippen LogP contribution >= 0.6 is 31.9 Å². The molecule has 13 heteroatoms. The van der Waals surface area contributed by atoms with Gasteiger partial charge in [-0.1, -0.05) is 62.9 Å². The Kier molecular flexibility index (Phi) is 17.4. The molecule has 0 amide bonds. The van der Waals surface area contributed by atoms with Crippen molar-refractivity contribution >= 4 is 50.7 Å². The average Bonchev–Trinajstić information content (AvgIpc) is 2.87. The van der Waals surface area contributed by atoms with Crippen molar-refractivity contribution in [1.82, 2.24) is 9.91 Å². The van der Waals surface area contributed by atoms with Gasteiger partial charge in [-0.25, -0.2) is 14.6 Å². The SMILES string of the molecule is CCOC(=O)C(O)CN(CB(C)O)Cc1ccc(Br)cc1.CCOC(=O)C(O)CN(N)Cc1ccc(Br)cc1. The van der Waals surface area contributed by atoms with Gasteiger partial charge in [0.1, 0.15) is 0 Å². The van der Waals surface area contributed by atoms with Crippen molar-refractivity contribution in [3.05, 3.63) is 68.6 Å². The molecule has 2 aromatic carbocycles. The summed E-state index contributed by atoms with van der Waals surface area (Å²) >= 11 is 6.72. The zero-order valence-corrected chi connectivity index (χ0v) is 25.7. The second-order valence-electron chi connectivity index (χ2n) is 8.76. The Morgan fingerprint density at radius 2 is 1.26 bits per heavy atom. The molecule has 2 aromatic rings. The molecule has 0 saturated heterocycles. The Hall–Kier alpha value is -1.84. The second-order valence-corrected chi connectivity index (χ2v) is 10.6. The van der Waals surface area contributed by atoms with Gasteiger partial charge in [0.2, 0.25) is 0 Å². The predicted molar refractivity (Wildman–Crippen MR) is 157 cm³/mol. The van der Waals surface area contributed by atoms with E-state index in [4.69, 9.17) is 15.3 Å². The first-order valence-corrected chi connectivity index (χ1v) is 14.1. The summed E-state index contributed by atoms with van der Waals surface area (Å²) in [6, 6.07) is 15.4. The van der Waals surface area contributed by atoms with Crippen LogP contribution in [0.15, 0.2) is 57.5 Å². The number of halogens is 2. The summed E-state index contributed by atoms with van der Waals surface area (Å²) in [7, 11) is 0. The lowest BCUT2D eigenvalue weighted by Crippen LogP contribution is -2.41. The van der Waals surface area contributed by atoms with Crippen LogP contribution in [0.3, 0.4) is 0 Å². The second kappa shape index (κ2) is 19.3. The highest BCUT2D eigenvalue weighted by atomic mass is 79.9. The molecule has 0 radical (unpaired) electrons. The van der Waals surface area contributed by atoms with Crippen molar-refractivity contribution in [2.24, 2.45) is 5.84 Å². The molecule has 39 heavy (non-hydrogen) atoms. The van der Waals surface area contributed by atoms with Gasteiger partial charge in [0.25, 0.3) is 6.92 Å². The average molecular weight is 675 g/mol. The van der Waals surface area contributed by atoms with Gasteiger partial charge in [-0.3, -0.25) is 5.84 Å². The Morgan fingerprint density at radius 1 is 0.846 bits per heavy atom. The van der Waals surface area contributed by atoms with Gasteiger partial charge in [0.15, 0.2) is 12.2 Å². The lowest BCUT2D eigenvalue weighted by molar-refractivity contribution is -0.154. The van der Waals surface area contributed by atoms with Crippen LogP contribution in [-0.4, -0.2) is 89.0 Å². The maximum absolute atomic E-state index is 11.5. The molecule has 0 saturated carbocycles. The highest BCUT2D eigenvalue weighted by molar-refractivity contribution is 9.10. The molecule has 2 rings (SSSR count).